The molecule has 5 nitrogen and oxygen atoms in total. The lowest BCUT2D eigenvalue weighted by Gasteiger charge is -2.20. The van der Waals surface area contributed by atoms with E-state index in [1.165, 1.54) is 5.56 Å². The second-order valence-corrected chi connectivity index (χ2v) is 6.00. The van der Waals surface area contributed by atoms with E-state index in [-0.39, 0.29) is 18.4 Å². The minimum absolute atomic E-state index is 0.0756. The lowest BCUT2D eigenvalue weighted by atomic mass is 10.2. The normalized spacial score (nSPS) is 13.8. The highest BCUT2D eigenvalue weighted by molar-refractivity contribution is 6.02. The van der Waals surface area contributed by atoms with Crippen molar-refractivity contribution in [2.24, 2.45) is 0 Å². The number of anilines is 2. The Kier molecular flexibility index (Phi) is 5.33. The molecule has 2 aromatic rings. The number of aryl methyl sites for hydroxylation is 1. The van der Waals surface area contributed by atoms with Crippen molar-refractivity contribution in [3.8, 4) is 5.75 Å². The molecule has 130 valence electrons. The highest BCUT2D eigenvalue weighted by Gasteiger charge is 2.24. The van der Waals surface area contributed by atoms with Gasteiger partial charge in [-0.15, -0.1) is 0 Å². The zero-order valence-electron chi connectivity index (χ0n) is 14.3. The van der Waals surface area contributed by atoms with Crippen LogP contribution in [0.1, 0.15) is 25.3 Å². The lowest BCUT2D eigenvalue weighted by molar-refractivity contribution is -0.118. The van der Waals surface area contributed by atoms with Crippen LogP contribution in [0.5, 0.6) is 5.75 Å². The van der Waals surface area contributed by atoms with Gasteiger partial charge in [-0.05, 0) is 42.7 Å². The standard InChI is InChI=1S/C20H22N2O3/c1-2-15-9-11-16(12-10-15)25-14-19(23)21-17-6-3-4-7-18(17)22-13-5-8-20(22)24/h3-4,6-7,9-12H,2,5,8,13-14H2,1H3,(H,21,23). The minimum Gasteiger partial charge on any atom is -0.484 e. The molecule has 1 aliphatic rings. The molecule has 2 aromatic carbocycles. The second-order valence-electron chi connectivity index (χ2n) is 6.00. The summed E-state index contributed by atoms with van der Waals surface area (Å²) in [5, 5.41) is 2.84. The van der Waals surface area contributed by atoms with Gasteiger partial charge < -0.3 is 15.0 Å². The third kappa shape index (κ3) is 4.18. The fourth-order valence-electron chi connectivity index (χ4n) is 2.87. The molecule has 0 bridgehead atoms. The molecule has 5 heteroatoms. The third-order valence-corrected chi connectivity index (χ3v) is 4.24. The second kappa shape index (κ2) is 7.83. The van der Waals surface area contributed by atoms with Crippen molar-refractivity contribution in [2.75, 3.05) is 23.4 Å². The number of carbonyl (C=O) groups is 2. The summed E-state index contributed by atoms with van der Waals surface area (Å²) in [6, 6.07) is 15.1. The van der Waals surface area contributed by atoms with E-state index in [1.807, 2.05) is 42.5 Å². The Morgan fingerprint density at radius 2 is 1.92 bits per heavy atom. The molecular weight excluding hydrogens is 316 g/mol. The van der Waals surface area contributed by atoms with Crippen LogP contribution < -0.4 is 15.0 Å². The topological polar surface area (TPSA) is 58.6 Å². The summed E-state index contributed by atoms with van der Waals surface area (Å²) in [5.74, 6) is 0.503. The first kappa shape index (κ1) is 17.0. The number of hydrogen-bond acceptors (Lipinski definition) is 3. The van der Waals surface area contributed by atoms with Gasteiger partial charge in [0.25, 0.3) is 5.91 Å². The molecule has 1 fully saturated rings. The van der Waals surface area contributed by atoms with Crippen molar-refractivity contribution in [1.82, 2.24) is 0 Å². The molecule has 1 heterocycles. The van der Waals surface area contributed by atoms with Crippen molar-refractivity contribution in [3.63, 3.8) is 0 Å². The first-order valence-electron chi connectivity index (χ1n) is 8.58. The van der Waals surface area contributed by atoms with Crippen molar-refractivity contribution in [2.45, 2.75) is 26.2 Å². The molecule has 0 saturated carbocycles. The Morgan fingerprint density at radius 1 is 1.16 bits per heavy atom. The first-order chi connectivity index (χ1) is 12.2. The van der Waals surface area contributed by atoms with Gasteiger partial charge in [0.1, 0.15) is 5.75 Å². The molecule has 0 aromatic heterocycles. The number of hydrogen-bond donors (Lipinski definition) is 1. The predicted molar refractivity (Wildman–Crippen MR) is 98.0 cm³/mol. The summed E-state index contributed by atoms with van der Waals surface area (Å²) in [4.78, 5) is 25.9. The highest BCUT2D eigenvalue weighted by Crippen LogP contribution is 2.29. The number of carbonyl (C=O) groups excluding carboxylic acids is 2. The summed E-state index contributed by atoms with van der Waals surface area (Å²) in [6.07, 6.45) is 2.36. The van der Waals surface area contributed by atoms with Crippen LogP contribution in [-0.2, 0) is 16.0 Å². The number of amides is 2. The molecule has 0 spiro atoms. The number of ether oxygens (including phenoxy) is 1. The van der Waals surface area contributed by atoms with Crippen LogP contribution in [0.15, 0.2) is 48.5 Å². The predicted octanol–water partition coefficient (Wildman–Crippen LogP) is 3.39. The zero-order chi connectivity index (χ0) is 17.6. The molecule has 2 amide bonds. The summed E-state index contributed by atoms with van der Waals surface area (Å²) in [5.41, 5.74) is 2.60. The molecule has 0 aliphatic carbocycles. The summed E-state index contributed by atoms with van der Waals surface area (Å²) >= 11 is 0. The SMILES string of the molecule is CCc1ccc(OCC(=O)Nc2ccccc2N2CCCC2=O)cc1. The number of nitrogens with one attached hydrogen (secondary N) is 1. The van der Waals surface area contributed by atoms with Gasteiger partial charge in [0.2, 0.25) is 5.91 Å². The van der Waals surface area contributed by atoms with Gasteiger partial charge >= 0.3 is 0 Å². The molecule has 1 saturated heterocycles. The van der Waals surface area contributed by atoms with Gasteiger partial charge in [0.05, 0.1) is 11.4 Å². The molecule has 25 heavy (non-hydrogen) atoms. The number of nitrogens with zero attached hydrogens (tertiary/aromatic N) is 1. The van der Waals surface area contributed by atoms with Gasteiger partial charge in [-0.3, -0.25) is 9.59 Å². The van der Waals surface area contributed by atoms with E-state index in [4.69, 9.17) is 4.74 Å². The van der Waals surface area contributed by atoms with Gasteiger partial charge in [-0.25, -0.2) is 0 Å². The maximum Gasteiger partial charge on any atom is 0.262 e. The van der Waals surface area contributed by atoms with E-state index in [9.17, 15) is 9.59 Å². The average Bonchev–Trinajstić information content (AvgIpc) is 3.07. The number of benzene rings is 2. The van der Waals surface area contributed by atoms with Crippen molar-refractivity contribution >= 4 is 23.2 Å². The van der Waals surface area contributed by atoms with Crippen molar-refractivity contribution < 1.29 is 14.3 Å². The Labute approximate surface area is 147 Å². The Morgan fingerprint density at radius 3 is 2.60 bits per heavy atom. The fourth-order valence-corrected chi connectivity index (χ4v) is 2.87. The van der Waals surface area contributed by atoms with Crippen LogP contribution in [0, 0.1) is 0 Å². The number of rotatable bonds is 6. The van der Waals surface area contributed by atoms with Crippen LogP contribution in [0.2, 0.25) is 0 Å². The van der Waals surface area contributed by atoms with Gasteiger partial charge in [0.15, 0.2) is 6.61 Å². The van der Waals surface area contributed by atoms with Crippen LogP contribution >= 0.6 is 0 Å². The molecule has 0 atom stereocenters. The Bertz CT molecular complexity index is 756. The van der Waals surface area contributed by atoms with E-state index in [0.29, 0.717) is 24.4 Å². The van der Waals surface area contributed by atoms with Crippen LogP contribution in [0.4, 0.5) is 11.4 Å². The van der Waals surface area contributed by atoms with E-state index in [1.54, 1.807) is 11.0 Å². The molecule has 1 N–H and O–H groups in total. The van der Waals surface area contributed by atoms with Gasteiger partial charge in [0, 0.05) is 13.0 Å². The molecule has 0 unspecified atom stereocenters. The lowest BCUT2D eigenvalue weighted by Crippen LogP contribution is -2.26. The zero-order valence-corrected chi connectivity index (χ0v) is 14.3. The average molecular weight is 338 g/mol. The van der Waals surface area contributed by atoms with Crippen LogP contribution in [0.3, 0.4) is 0 Å². The number of para-hydroxylation sites is 2. The fraction of sp³-hybridized carbons (Fsp3) is 0.300. The van der Waals surface area contributed by atoms with Crippen LogP contribution in [-0.4, -0.2) is 25.0 Å². The maximum absolute atomic E-state index is 12.2. The summed E-state index contributed by atoms with van der Waals surface area (Å²) < 4.78 is 5.53. The molecule has 1 aliphatic heterocycles. The first-order valence-corrected chi connectivity index (χ1v) is 8.58. The van der Waals surface area contributed by atoms with E-state index in [0.717, 1.165) is 18.5 Å². The van der Waals surface area contributed by atoms with Crippen molar-refractivity contribution in [1.29, 1.82) is 0 Å². The smallest absolute Gasteiger partial charge is 0.262 e. The maximum atomic E-state index is 12.2. The minimum atomic E-state index is -0.251. The van der Waals surface area contributed by atoms with Gasteiger partial charge in [-0.2, -0.15) is 0 Å². The molecule has 3 rings (SSSR count). The third-order valence-electron chi connectivity index (χ3n) is 4.24. The highest BCUT2D eigenvalue weighted by atomic mass is 16.5. The summed E-state index contributed by atoms with van der Waals surface area (Å²) in [6.45, 7) is 2.70. The quantitative estimate of drug-likeness (QED) is 0.878. The molecule has 0 radical (unpaired) electrons. The van der Waals surface area contributed by atoms with Crippen LogP contribution in [0.25, 0.3) is 0 Å². The molecular formula is C20H22N2O3. The monoisotopic (exact) mass is 338 g/mol. The Hall–Kier alpha value is -2.82. The van der Waals surface area contributed by atoms with E-state index < -0.39 is 0 Å². The van der Waals surface area contributed by atoms with Crippen molar-refractivity contribution in [3.05, 3.63) is 54.1 Å². The largest absolute Gasteiger partial charge is 0.484 e. The van der Waals surface area contributed by atoms with E-state index in [2.05, 4.69) is 12.2 Å². The Balaban J connectivity index is 1.62. The summed E-state index contributed by atoms with van der Waals surface area (Å²) in [7, 11) is 0. The van der Waals surface area contributed by atoms with E-state index >= 15 is 0 Å². The van der Waals surface area contributed by atoms with Gasteiger partial charge in [-0.1, -0.05) is 31.2 Å².